The van der Waals surface area contributed by atoms with Gasteiger partial charge in [0.15, 0.2) is 11.5 Å². The molecule has 1 aliphatic carbocycles. The molecule has 0 heterocycles. The fourth-order valence-electron chi connectivity index (χ4n) is 3.38. The maximum atomic E-state index is 11.1. The van der Waals surface area contributed by atoms with E-state index in [1.807, 2.05) is 6.07 Å². The zero-order valence-electron chi connectivity index (χ0n) is 14.8. The third-order valence-electron chi connectivity index (χ3n) is 4.37. The van der Waals surface area contributed by atoms with E-state index in [-0.39, 0.29) is 5.75 Å². The van der Waals surface area contributed by atoms with Gasteiger partial charge in [0.05, 0.1) is 21.3 Å². The summed E-state index contributed by atoms with van der Waals surface area (Å²) in [6, 6.07) is 6.95. The Morgan fingerprint density at radius 2 is 1.62 bits per heavy atom. The van der Waals surface area contributed by atoms with Crippen LogP contribution in [0.25, 0.3) is 11.1 Å². The molecular weight excluding hydrogens is 359 g/mol. The predicted octanol–water partition coefficient (Wildman–Crippen LogP) is 3.34. The van der Waals surface area contributed by atoms with Crippen molar-refractivity contribution in [2.75, 3.05) is 21.3 Å². The molecule has 0 spiro atoms. The van der Waals surface area contributed by atoms with Crippen LogP contribution in [0.1, 0.15) is 17.5 Å². The summed E-state index contributed by atoms with van der Waals surface area (Å²) in [7, 11) is 0.117. The van der Waals surface area contributed by atoms with Crippen molar-refractivity contribution in [1.82, 2.24) is 0 Å². The van der Waals surface area contributed by atoms with Crippen LogP contribution in [0.4, 0.5) is 0 Å². The van der Waals surface area contributed by atoms with Crippen molar-refractivity contribution < 1.29 is 33.1 Å². The van der Waals surface area contributed by atoms with Gasteiger partial charge in [0, 0.05) is 5.56 Å². The molecule has 0 aromatic heterocycles. The number of methoxy groups -OCH3 is 3. The zero-order chi connectivity index (χ0) is 18.9. The Morgan fingerprint density at radius 3 is 2.23 bits per heavy atom. The zero-order valence-corrected chi connectivity index (χ0v) is 15.7. The standard InChI is InChI=1S/C18H21O7P/c1-22-15-10-12-6-4-5-11-9-13(25-26(19,20)21)7-8-14(11)16(12)18(24-3)17(15)23-2/h7-10H,4-6H2,1-3H3,(H2,19,20,21). The summed E-state index contributed by atoms with van der Waals surface area (Å²) in [5, 5.41) is 0. The van der Waals surface area contributed by atoms with Gasteiger partial charge in [-0.3, -0.25) is 9.79 Å². The largest absolute Gasteiger partial charge is 0.524 e. The third-order valence-corrected chi connectivity index (χ3v) is 4.82. The summed E-state index contributed by atoms with van der Waals surface area (Å²) in [6.45, 7) is 0. The number of ether oxygens (including phenoxy) is 3. The molecule has 0 aliphatic heterocycles. The van der Waals surface area contributed by atoms with Gasteiger partial charge in [-0.25, -0.2) is 4.57 Å². The number of hydrogen-bond donors (Lipinski definition) is 2. The molecule has 8 heteroatoms. The first-order valence-corrected chi connectivity index (χ1v) is 9.61. The number of phosphoric acid groups is 1. The third kappa shape index (κ3) is 3.51. The van der Waals surface area contributed by atoms with Crippen molar-refractivity contribution in [3.63, 3.8) is 0 Å². The van der Waals surface area contributed by atoms with Gasteiger partial charge < -0.3 is 18.7 Å². The Morgan fingerprint density at radius 1 is 0.923 bits per heavy atom. The average Bonchev–Trinajstić information content (AvgIpc) is 2.77. The molecule has 0 saturated heterocycles. The van der Waals surface area contributed by atoms with E-state index in [9.17, 15) is 4.57 Å². The van der Waals surface area contributed by atoms with E-state index in [1.54, 1.807) is 39.5 Å². The van der Waals surface area contributed by atoms with Crippen molar-refractivity contribution in [3.05, 3.63) is 35.4 Å². The monoisotopic (exact) mass is 380 g/mol. The van der Waals surface area contributed by atoms with Gasteiger partial charge in [0.1, 0.15) is 5.75 Å². The highest BCUT2D eigenvalue weighted by molar-refractivity contribution is 7.46. The fourth-order valence-corrected chi connectivity index (χ4v) is 3.77. The first-order chi connectivity index (χ1) is 12.4. The highest BCUT2D eigenvalue weighted by atomic mass is 31.2. The molecule has 2 aromatic carbocycles. The molecule has 1 aliphatic rings. The minimum absolute atomic E-state index is 0.139. The van der Waals surface area contributed by atoms with Crippen molar-refractivity contribution in [2.45, 2.75) is 19.3 Å². The van der Waals surface area contributed by atoms with Crippen LogP contribution >= 0.6 is 7.82 Å². The van der Waals surface area contributed by atoms with Crippen LogP contribution in [0.2, 0.25) is 0 Å². The second-order valence-corrected chi connectivity index (χ2v) is 7.10. The van der Waals surface area contributed by atoms with E-state index in [2.05, 4.69) is 0 Å². The molecule has 0 saturated carbocycles. The normalized spacial score (nSPS) is 13.3. The molecule has 0 fully saturated rings. The Kier molecular flexibility index (Phi) is 5.14. The van der Waals surface area contributed by atoms with Crippen LogP contribution in [0, 0.1) is 0 Å². The number of hydrogen-bond acceptors (Lipinski definition) is 5. The van der Waals surface area contributed by atoms with Gasteiger partial charge in [0.2, 0.25) is 5.75 Å². The van der Waals surface area contributed by atoms with Gasteiger partial charge >= 0.3 is 7.82 Å². The second kappa shape index (κ2) is 7.19. The van der Waals surface area contributed by atoms with Gasteiger partial charge in [-0.05, 0) is 54.2 Å². The first-order valence-electron chi connectivity index (χ1n) is 8.08. The lowest BCUT2D eigenvalue weighted by atomic mass is 9.94. The lowest BCUT2D eigenvalue weighted by Gasteiger charge is -2.20. The van der Waals surface area contributed by atoms with Crippen molar-refractivity contribution in [3.8, 4) is 34.1 Å². The van der Waals surface area contributed by atoms with Crippen LogP contribution in [-0.2, 0) is 17.4 Å². The van der Waals surface area contributed by atoms with E-state index < -0.39 is 7.82 Å². The Labute approximate surface area is 151 Å². The summed E-state index contributed by atoms with van der Waals surface area (Å²) in [4.78, 5) is 18.1. The van der Waals surface area contributed by atoms with E-state index in [0.717, 1.165) is 41.5 Å². The molecule has 0 unspecified atom stereocenters. The van der Waals surface area contributed by atoms with Gasteiger partial charge in [0.25, 0.3) is 0 Å². The van der Waals surface area contributed by atoms with Crippen molar-refractivity contribution >= 4 is 7.82 Å². The molecule has 2 N–H and O–H groups in total. The molecule has 0 atom stereocenters. The minimum Gasteiger partial charge on any atom is -0.493 e. The first kappa shape index (κ1) is 18.6. The van der Waals surface area contributed by atoms with E-state index in [4.69, 9.17) is 28.5 Å². The van der Waals surface area contributed by atoms with Crippen LogP contribution in [0.3, 0.4) is 0 Å². The van der Waals surface area contributed by atoms with E-state index in [1.165, 1.54) is 0 Å². The summed E-state index contributed by atoms with van der Waals surface area (Å²) in [5.41, 5.74) is 3.83. The highest BCUT2D eigenvalue weighted by Crippen LogP contribution is 2.50. The predicted molar refractivity (Wildman–Crippen MR) is 96.2 cm³/mol. The Hall–Kier alpha value is -2.21. The molecular formula is C18H21O7P. The number of aryl methyl sites for hydroxylation is 2. The van der Waals surface area contributed by atoms with Crippen LogP contribution in [-0.4, -0.2) is 31.1 Å². The van der Waals surface area contributed by atoms with E-state index >= 15 is 0 Å². The minimum atomic E-state index is -4.60. The lowest BCUT2D eigenvalue weighted by molar-refractivity contribution is 0.283. The summed E-state index contributed by atoms with van der Waals surface area (Å²) in [6.07, 6.45) is 2.43. The second-order valence-electron chi connectivity index (χ2n) is 5.93. The lowest BCUT2D eigenvalue weighted by Crippen LogP contribution is -2.00. The molecule has 7 nitrogen and oxygen atoms in total. The SMILES string of the molecule is COc1cc2c(c(OC)c1OC)-c1ccc(OP(=O)(O)O)cc1CCC2. The quantitative estimate of drug-likeness (QED) is 0.768. The summed E-state index contributed by atoms with van der Waals surface area (Å²) in [5.74, 6) is 1.83. The van der Waals surface area contributed by atoms with Crippen LogP contribution < -0.4 is 18.7 Å². The summed E-state index contributed by atoms with van der Waals surface area (Å²) < 4.78 is 32.4. The number of fused-ring (bicyclic) bond motifs is 3. The number of benzene rings is 2. The van der Waals surface area contributed by atoms with Crippen LogP contribution in [0.15, 0.2) is 24.3 Å². The topological polar surface area (TPSA) is 94.5 Å². The molecule has 0 bridgehead atoms. The highest BCUT2D eigenvalue weighted by Gasteiger charge is 2.26. The molecule has 3 rings (SSSR count). The van der Waals surface area contributed by atoms with Gasteiger partial charge in [-0.2, -0.15) is 0 Å². The molecule has 2 aromatic rings. The van der Waals surface area contributed by atoms with E-state index in [0.29, 0.717) is 17.2 Å². The Bertz CT molecular complexity index is 872. The van der Waals surface area contributed by atoms with Gasteiger partial charge in [-0.15, -0.1) is 0 Å². The molecule has 0 amide bonds. The smallest absolute Gasteiger partial charge is 0.493 e. The van der Waals surface area contributed by atoms with Crippen LogP contribution in [0.5, 0.6) is 23.0 Å². The van der Waals surface area contributed by atoms with Gasteiger partial charge in [-0.1, -0.05) is 6.07 Å². The number of phosphoric ester groups is 1. The van der Waals surface area contributed by atoms with Crippen molar-refractivity contribution in [1.29, 1.82) is 0 Å². The maximum Gasteiger partial charge on any atom is 0.524 e. The fraction of sp³-hybridized carbons (Fsp3) is 0.333. The molecule has 140 valence electrons. The molecule has 0 radical (unpaired) electrons. The molecule has 26 heavy (non-hydrogen) atoms. The Balaban J connectivity index is 2.21. The maximum absolute atomic E-state index is 11.1. The summed E-state index contributed by atoms with van der Waals surface area (Å²) >= 11 is 0. The average molecular weight is 380 g/mol. The van der Waals surface area contributed by atoms with Crippen molar-refractivity contribution in [2.24, 2.45) is 0 Å². The number of rotatable bonds is 5.